The smallest absolute Gasteiger partial charge is 0.339 e. The number of carbonyl (C=O) groups excluding carboxylic acids is 3. The minimum atomic E-state index is -0.493. The number of ether oxygens (including phenoxy) is 1. The predicted octanol–water partition coefficient (Wildman–Crippen LogP) is 3.41. The highest BCUT2D eigenvalue weighted by Gasteiger charge is 2.36. The van der Waals surface area contributed by atoms with Gasteiger partial charge in [-0.3, -0.25) is 0 Å². The molecule has 0 spiro atoms. The zero-order valence-corrected chi connectivity index (χ0v) is 18.2. The molecule has 0 atom stereocenters. The van der Waals surface area contributed by atoms with Crippen molar-refractivity contribution >= 4 is 23.7 Å². The number of benzene rings is 2. The van der Waals surface area contributed by atoms with Crippen molar-refractivity contribution in [3.8, 4) is 0 Å². The third-order valence-electron chi connectivity index (χ3n) is 6.11. The minimum Gasteiger partial charge on any atom is -0.465 e. The summed E-state index contributed by atoms with van der Waals surface area (Å²) in [6.45, 7) is 3.17. The molecule has 1 N–H and O–H groups in total. The second-order valence-corrected chi connectivity index (χ2v) is 8.07. The van der Waals surface area contributed by atoms with Gasteiger partial charge >= 0.3 is 18.0 Å². The van der Waals surface area contributed by atoms with Gasteiger partial charge in [-0.15, -0.1) is 0 Å². The molecule has 0 aromatic heterocycles. The summed E-state index contributed by atoms with van der Waals surface area (Å²) in [5.41, 5.74) is 1.87. The van der Waals surface area contributed by atoms with Crippen LogP contribution in [0.4, 0.5) is 15.3 Å². The van der Waals surface area contributed by atoms with Crippen LogP contribution in [0.25, 0.3) is 0 Å². The summed E-state index contributed by atoms with van der Waals surface area (Å²) in [7, 11) is 1.31. The van der Waals surface area contributed by atoms with Crippen LogP contribution in [-0.2, 0) is 11.3 Å². The number of carbonyl (C=O) groups is 3. The first kappa shape index (κ1) is 21.7. The molecule has 2 heterocycles. The standard InChI is InChI=1S/C24H28N4O4/c1-32-22(29)20-9-5-6-10-21(20)25-23(30)26-13-11-19(12-14-26)28-16-15-27(24(28)31)17-18-7-3-2-4-8-18/h2-10,19H,11-17H2,1H3,(H,25,30). The highest BCUT2D eigenvalue weighted by Crippen LogP contribution is 2.24. The average molecular weight is 437 g/mol. The third kappa shape index (κ3) is 4.69. The molecular weight excluding hydrogens is 408 g/mol. The SMILES string of the molecule is COC(=O)c1ccccc1NC(=O)N1CCC(N2CCN(Cc3ccccc3)C2=O)CC1. The molecule has 4 rings (SSSR count). The first-order valence-corrected chi connectivity index (χ1v) is 10.9. The second-order valence-electron chi connectivity index (χ2n) is 8.07. The Morgan fingerprint density at radius 3 is 2.38 bits per heavy atom. The fourth-order valence-corrected chi connectivity index (χ4v) is 4.35. The van der Waals surface area contributed by atoms with Gasteiger partial charge in [0.25, 0.3) is 0 Å². The normalized spacial score (nSPS) is 16.9. The van der Waals surface area contributed by atoms with Gasteiger partial charge in [0.15, 0.2) is 0 Å². The van der Waals surface area contributed by atoms with Crippen LogP contribution >= 0.6 is 0 Å². The van der Waals surface area contributed by atoms with Gasteiger partial charge in [0.05, 0.1) is 18.4 Å². The molecule has 2 saturated heterocycles. The quantitative estimate of drug-likeness (QED) is 0.729. The van der Waals surface area contributed by atoms with Crippen LogP contribution < -0.4 is 5.32 Å². The van der Waals surface area contributed by atoms with Crippen LogP contribution in [0.15, 0.2) is 54.6 Å². The molecule has 0 bridgehead atoms. The lowest BCUT2D eigenvalue weighted by molar-refractivity contribution is 0.0602. The lowest BCUT2D eigenvalue weighted by atomic mass is 10.0. The molecule has 32 heavy (non-hydrogen) atoms. The molecule has 2 aromatic rings. The van der Waals surface area contributed by atoms with E-state index in [1.807, 2.05) is 40.1 Å². The molecule has 0 unspecified atom stereocenters. The van der Waals surface area contributed by atoms with Crippen LogP contribution in [-0.4, -0.2) is 72.1 Å². The van der Waals surface area contributed by atoms with Crippen LogP contribution in [0.5, 0.6) is 0 Å². The number of amides is 4. The Morgan fingerprint density at radius 1 is 0.969 bits per heavy atom. The summed E-state index contributed by atoms with van der Waals surface area (Å²) >= 11 is 0. The molecule has 2 fully saturated rings. The van der Waals surface area contributed by atoms with Crippen molar-refractivity contribution in [3.63, 3.8) is 0 Å². The van der Waals surface area contributed by atoms with Gasteiger partial charge in [-0.25, -0.2) is 14.4 Å². The van der Waals surface area contributed by atoms with Crippen molar-refractivity contribution < 1.29 is 19.1 Å². The largest absolute Gasteiger partial charge is 0.465 e. The van der Waals surface area contributed by atoms with Gasteiger partial charge in [0, 0.05) is 38.8 Å². The maximum absolute atomic E-state index is 12.9. The topological polar surface area (TPSA) is 82.2 Å². The zero-order valence-electron chi connectivity index (χ0n) is 18.2. The molecule has 0 radical (unpaired) electrons. The van der Waals surface area contributed by atoms with Crippen LogP contribution in [0, 0.1) is 0 Å². The summed E-state index contributed by atoms with van der Waals surface area (Å²) in [5.74, 6) is -0.493. The molecule has 0 saturated carbocycles. The molecule has 2 aliphatic rings. The first-order chi connectivity index (χ1) is 15.6. The van der Waals surface area contributed by atoms with E-state index in [0.717, 1.165) is 31.5 Å². The van der Waals surface area contributed by atoms with Crippen molar-refractivity contribution in [3.05, 3.63) is 65.7 Å². The Hall–Kier alpha value is -3.55. The van der Waals surface area contributed by atoms with E-state index < -0.39 is 5.97 Å². The van der Waals surface area contributed by atoms with E-state index in [4.69, 9.17) is 4.74 Å². The number of urea groups is 2. The van der Waals surface area contributed by atoms with E-state index in [0.29, 0.717) is 30.9 Å². The molecule has 8 nitrogen and oxygen atoms in total. The molecule has 0 aliphatic carbocycles. The van der Waals surface area contributed by atoms with E-state index in [9.17, 15) is 14.4 Å². The number of anilines is 1. The van der Waals surface area contributed by atoms with Gasteiger partial charge in [0.1, 0.15) is 0 Å². The summed E-state index contributed by atoms with van der Waals surface area (Å²) < 4.78 is 4.79. The first-order valence-electron chi connectivity index (χ1n) is 10.9. The lowest BCUT2D eigenvalue weighted by Crippen LogP contribution is -2.49. The van der Waals surface area contributed by atoms with Crippen molar-refractivity contribution in [2.24, 2.45) is 0 Å². The van der Waals surface area contributed by atoms with Crippen LogP contribution in [0.2, 0.25) is 0 Å². The summed E-state index contributed by atoms with van der Waals surface area (Å²) in [6, 6.07) is 16.7. The number of rotatable bonds is 5. The zero-order chi connectivity index (χ0) is 22.5. The van der Waals surface area contributed by atoms with E-state index in [1.54, 1.807) is 29.2 Å². The number of likely N-dealkylation sites (tertiary alicyclic amines) is 1. The number of esters is 1. The van der Waals surface area contributed by atoms with Gasteiger partial charge in [0.2, 0.25) is 0 Å². The number of hydrogen-bond acceptors (Lipinski definition) is 4. The monoisotopic (exact) mass is 436 g/mol. The van der Waals surface area contributed by atoms with E-state index >= 15 is 0 Å². The number of methoxy groups -OCH3 is 1. The number of hydrogen-bond donors (Lipinski definition) is 1. The molecule has 4 amide bonds. The van der Waals surface area contributed by atoms with Crippen molar-refractivity contribution in [2.75, 3.05) is 38.6 Å². The molecule has 168 valence electrons. The number of nitrogens with one attached hydrogen (secondary N) is 1. The van der Waals surface area contributed by atoms with Gasteiger partial charge in [-0.2, -0.15) is 0 Å². The number of nitrogens with zero attached hydrogens (tertiary/aromatic N) is 3. The maximum Gasteiger partial charge on any atom is 0.339 e. The van der Waals surface area contributed by atoms with Crippen molar-refractivity contribution in [1.29, 1.82) is 0 Å². The highest BCUT2D eigenvalue weighted by atomic mass is 16.5. The predicted molar refractivity (Wildman–Crippen MR) is 120 cm³/mol. The Labute approximate surface area is 187 Å². The van der Waals surface area contributed by atoms with Crippen molar-refractivity contribution in [1.82, 2.24) is 14.7 Å². The van der Waals surface area contributed by atoms with Gasteiger partial charge < -0.3 is 24.8 Å². The van der Waals surface area contributed by atoms with Gasteiger partial charge in [-0.1, -0.05) is 42.5 Å². The van der Waals surface area contributed by atoms with Crippen LogP contribution in [0.3, 0.4) is 0 Å². The number of para-hydroxylation sites is 1. The fourth-order valence-electron chi connectivity index (χ4n) is 4.35. The lowest BCUT2D eigenvalue weighted by Gasteiger charge is -2.36. The maximum atomic E-state index is 12.9. The molecule has 8 heteroatoms. The van der Waals surface area contributed by atoms with E-state index in [2.05, 4.69) is 5.32 Å². The average Bonchev–Trinajstić information content (AvgIpc) is 3.19. The summed E-state index contributed by atoms with van der Waals surface area (Å²) in [4.78, 5) is 43.2. The second kappa shape index (κ2) is 9.72. The minimum absolute atomic E-state index is 0.0729. The highest BCUT2D eigenvalue weighted by molar-refractivity contribution is 6.00. The van der Waals surface area contributed by atoms with Gasteiger partial charge in [-0.05, 0) is 30.5 Å². The fraction of sp³-hybridized carbons (Fsp3) is 0.375. The number of piperidine rings is 1. The van der Waals surface area contributed by atoms with Crippen molar-refractivity contribution in [2.45, 2.75) is 25.4 Å². The summed E-state index contributed by atoms with van der Waals surface area (Å²) in [6.07, 6.45) is 1.47. The Morgan fingerprint density at radius 2 is 1.66 bits per heavy atom. The van der Waals surface area contributed by atoms with E-state index in [-0.39, 0.29) is 18.1 Å². The molecular formula is C24H28N4O4. The summed E-state index contributed by atoms with van der Waals surface area (Å²) in [5, 5.41) is 2.82. The Balaban J connectivity index is 1.30. The Kier molecular flexibility index (Phi) is 6.58. The molecule has 2 aromatic carbocycles. The Bertz CT molecular complexity index is 973. The third-order valence-corrected chi connectivity index (χ3v) is 6.11. The molecule has 2 aliphatic heterocycles. The van der Waals surface area contributed by atoms with E-state index in [1.165, 1.54) is 7.11 Å². The van der Waals surface area contributed by atoms with Crippen LogP contribution in [0.1, 0.15) is 28.8 Å².